The monoisotopic (exact) mass is 437 g/mol. The molecule has 1 N–H and O–H groups in total. The topological polar surface area (TPSA) is 83.2 Å². The van der Waals surface area contributed by atoms with E-state index >= 15 is 0 Å². The molecule has 2 aromatic carbocycles. The first-order valence-electron chi connectivity index (χ1n) is 10.0. The molecule has 1 aliphatic rings. The fourth-order valence-corrected chi connectivity index (χ4v) is 3.78. The number of benzene rings is 2. The molecule has 0 unspecified atom stereocenters. The molecule has 7 nitrogen and oxygen atoms in total. The lowest BCUT2D eigenvalue weighted by molar-refractivity contribution is 0.386. The van der Waals surface area contributed by atoms with E-state index in [2.05, 4.69) is 5.32 Å². The van der Waals surface area contributed by atoms with Gasteiger partial charge in [-0.2, -0.15) is 5.26 Å². The zero-order valence-electron chi connectivity index (χ0n) is 17.7. The van der Waals surface area contributed by atoms with Crippen LogP contribution in [0.1, 0.15) is 5.56 Å². The maximum Gasteiger partial charge on any atom is 0.263 e. The Bertz CT molecular complexity index is 1280. The van der Waals surface area contributed by atoms with Gasteiger partial charge in [0, 0.05) is 38.8 Å². The number of hydrogen-bond donors (Lipinski definition) is 1. The summed E-state index contributed by atoms with van der Waals surface area (Å²) in [4.78, 5) is 20.2. The predicted octanol–water partition coefficient (Wildman–Crippen LogP) is 2.68. The molecule has 1 aliphatic heterocycles. The van der Waals surface area contributed by atoms with Crippen LogP contribution in [0.3, 0.4) is 0 Å². The lowest BCUT2D eigenvalue weighted by Crippen LogP contribution is -2.46. The van der Waals surface area contributed by atoms with Crippen molar-refractivity contribution >= 4 is 5.95 Å². The number of aromatic nitrogens is 2. The highest BCUT2D eigenvalue weighted by molar-refractivity contribution is 5.81. The molecule has 0 saturated carbocycles. The number of piperazine rings is 1. The first-order valence-corrected chi connectivity index (χ1v) is 10.0. The van der Waals surface area contributed by atoms with Crippen LogP contribution in [0.15, 0.2) is 41.2 Å². The second-order valence-electron chi connectivity index (χ2n) is 7.39. The highest BCUT2D eigenvalue weighted by Gasteiger charge is 2.23. The van der Waals surface area contributed by atoms with Gasteiger partial charge in [-0.1, -0.05) is 12.1 Å². The Hall–Kier alpha value is -3.77. The van der Waals surface area contributed by atoms with E-state index in [1.807, 2.05) is 4.90 Å². The number of methoxy groups -OCH3 is 1. The van der Waals surface area contributed by atoms with Gasteiger partial charge in [-0.3, -0.25) is 9.36 Å². The van der Waals surface area contributed by atoms with Crippen molar-refractivity contribution in [3.8, 4) is 34.2 Å². The number of nitriles is 1. The van der Waals surface area contributed by atoms with E-state index in [1.54, 1.807) is 19.2 Å². The van der Waals surface area contributed by atoms with Gasteiger partial charge in [0.25, 0.3) is 5.56 Å². The summed E-state index contributed by atoms with van der Waals surface area (Å²) in [5.74, 6) is -0.866. The summed E-state index contributed by atoms with van der Waals surface area (Å²) in [5.41, 5.74) is 0.464. The third-order valence-electron chi connectivity index (χ3n) is 5.47. The molecular formula is C23H21F2N5O2. The van der Waals surface area contributed by atoms with Gasteiger partial charge < -0.3 is 15.0 Å². The largest absolute Gasteiger partial charge is 0.494 e. The second-order valence-corrected chi connectivity index (χ2v) is 7.39. The van der Waals surface area contributed by atoms with Crippen LogP contribution in [0.4, 0.5) is 14.7 Å². The molecule has 9 heteroatoms. The molecule has 0 radical (unpaired) electrons. The van der Waals surface area contributed by atoms with E-state index in [-0.39, 0.29) is 22.6 Å². The number of ether oxygens (including phenoxy) is 1. The average molecular weight is 437 g/mol. The molecule has 4 rings (SSSR count). The molecule has 3 aromatic rings. The lowest BCUT2D eigenvalue weighted by atomic mass is 9.99. The highest BCUT2D eigenvalue weighted by atomic mass is 19.1. The van der Waals surface area contributed by atoms with Gasteiger partial charge in [0.05, 0.1) is 23.9 Å². The Labute approximate surface area is 183 Å². The van der Waals surface area contributed by atoms with Crippen molar-refractivity contribution in [2.45, 2.75) is 0 Å². The number of rotatable bonds is 4. The number of nitrogens with zero attached hydrogens (tertiary/aromatic N) is 4. The Morgan fingerprint density at radius 1 is 1.09 bits per heavy atom. The molecule has 0 aliphatic carbocycles. The summed E-state index contributed by atoms with van der Waals surface area (Å²) in [7, 11) is 2.96. The molecule has 0 atom stereocenters. The first-order chi connectivity index (χ1) is 15.4. The molecular weight excluding hydrogens is 416 g/mol. The highest BCUT2D eigenvalue weighted by Crippen LogP contribution is 2.32. The van der Waals surface area contributed by atoms with Crippen molar-refractivity contribution in [1.82, 2.24) is 14.9 Å². The van der Waals surface area contributed by atoms with Gasteiger partial charge >= 0.3 is 0 Å². The Morgan fingerprint density at radius 3 is 2.41 bits per heavy atom. The summed E-state index contributed by atoms with van der Waals surface area (Å²) >= 11 is 0. The zero-order chi connectivity index (χ0) is 22.8. The van der Waals surface area contributed by atoms with Crippen molar-refractivity contribution < 1.29 is 13.5 Å². The Morgan fingerprint density at radius 2 is 1.78 bits per heavy atom. The standard InChI is InChI=1S/C23H21F2N5O2/c1-29-22(31)20(14-5-6-19(32-2)18(25)11-14)21(15-3-4-16(13-26)17(24)12-15)28-23(29)30-9-7-27-8-10-30/h3-6,11-12,27H,7-10H2,1-2H3. The van der Waals surface area contributed by atoms with E-state index in [0.717, 1.165) is 13.1 Å². The van der Waals surface area contributed by atoms with Gasteiger partial charge in [-0.15, -0.1) is 0 Å². The second kappa shape index (κ2) is 8.77. The normalized spacial score (nSPS) is 13.7. The molecule has 0 amide bonds. The van der Waals surface area contributed by atoms with Gasteiger partial charge in [0.2, 0.25) is 5.95 Å². The van der Waals surface area contributed by atoms with Crippen molar-refractivity contribution in [2.75, 3.05) is 38.2 Å². The van der Waals surface area contributed by atoms with Gasteiger partial charge in [-0.05, 0) is 29.8 Å². The minimum absolute atomic E-state index is 0.0435. The van der Waals surface area contributed by atoms with E-state index < -0.39 is 17.2 Å². The maximum absolute atomic E-state index is 14.5. The van der Waals surface area contributed by atoms with E-state index in [1.165, 1.54) is 42.0 Å². The molecule has 1 aromatic heterocycles. The summed E-state index contributed by atoms with van der Waals surface area (Å²) < 4.78 is 35.3. The van der Waals surface area contributed by atoms with Crippen LogP contribution in [-0.2, 0) is 7.05 Å². The predicted molar refractivity (Wildman–Crippen MR) is 117 cm³/mol. The zero-order valence-corrected chi connectivity index (χ0v) is 17.7. The molecule has 1 fully saturated rings. The van der Waals surface area contributed by atoms with Crippen LogP contribution in [-0.4, -0.2) is 42.8 Å². The van der Waals surface area contributed by atoms with Crippen LogP contribution in [0, 0.1) is 23.0 Å². The maximum atomic E-state index is 14.5. The molecule has 2 heterocycles. The fraction of sp³-hybridized carbons (Fsp3) is 0.261. The van der Waals surface area contributed by atoms with E-state index in [4.69, 9.17) is 15.0 Å². The third-order valence-corrected chi connectivity index (χ3v) is 5.47. The number of anilines is 1. The smallest absolute Gasteiger partial charge is 0.263 e. The van der Waals surface area contributed by atoms with Gasteiger partial charge in [0.1, 0.15) is 11.9 Å². The fourth-order valence-electron chi connectivity index (χ4n) is 3.78. The lowest BCUT2D eigenvalue weighted by Gasteiger charge is -2.30. The minimum Gasteiger partial charge on any atom is -0.494 e. The van der Waals surface area contributed by atoms with Crippen LogP contribution >= 0.6 is 0 Å². The van der Waals surface area contributed by atoms with Gasteiger partial charge in [-0.25, -0.2) is 13.8 Å². The number of hydrogen-bond acceptors (Lipinski definition) is 6. The molecule has 1 saturated heterocycles. The summed E-state index contributed by atoms with van der Waals surface area (Å²) in [6, 6.07) is 10.0. The van der Waals surface area contributed by atoms with Crippen molar-refractivity contribution in [1.29, 1.82) is 5.26 Å². The molecule has 0 bridgehead atoms. The summed E-state index contributed by atoms with van der Waals surface area (Å²) in [5, 5.41) is 12.3. The summed E-state index contributed by atoms with van der Waals surface area (Å²) in [6.07, 6.45) is 0. The Balaban J connectivity index is 1.98. The van der Waals surface area contributed by atoms with Crippen molar-refractivity contribution in [2.24, 2.45) is 7.05 Å². The number of nitrogens with one attached hydrogen (secondary N) is 1. The molecule has 32 heavy (non-hydrogen) atoms. The number of halogens is 2. The summed E-state index contributed by atoms with van der Waals surface area (Å²) in [6.45, 7) is 2.78. The minimum atomic E-state index is -0.719. The van der Waals surface area contributed by atoms with Crippen LogP contribution in [0.5, 0.6) is 5.75 Å². The first kappa shape index (κ1) is 21.5. The molecule has 0 spiro atoms. The van der Waals surface area contributed by atoms with Crippen LogP contribution in [0.25, 0.3) is 22.4 Å². The SMILES string of the molecule is COc1ccc(-c2c(-c3ccc(C#N)c(F)c3)nc(N3CCNCC3)n(C)c2=O)cc1F. The van der Waals surface area contributed by atoms with Crippen LogP contribution < -0.4 is 20.5 Å². The molecule has 164 valence electrons. The quantitative estimate of drug-likeness (QED) is 0.676. The third kappa shape index (κ3) is 3.81. The van der Waals surface area contributed by atoms with Gasteiger partial charge in [0.15, 0.2) is 11.6 Å². The van der Waals surface area contributed by atoms with Crippen molar-refractivity contribution in [3.63, 3.8) is 0 Å². The van der Waals surface area contributed by atoms with E-state index in [0.29, 0.717) is 30.2 Å². The average Bonchev–Trinajstić information content (AvgIpc) is 2.81. The van der Waals surface area contributed by atoms with Crippen LogP contribution in [0.2, 0.25) is 0 Å². The van der Waals surface area contributed by atoms with E-state index in [9.17, 15) is 13.6 Å². The Kier molecular flexibility index (Phi) is 5.88. The van der Waals surface area contributed by atoms with Crippen molar-refractivity contribution in [3.05, 3.63) is 63.9 Å².